The first-order chi connectivity index (χ1) is 11.8. The van der Waals surface area contributed by atoms with Crippen molar-refractivity contribution in [2.45, 2.75) is 48.9 Å². The smallest absolute Gasteiger partial charge is 0.240 e. The van der Waals surface area contributed by atoms with Crippen LogP contribution in [0.15, 0.2) is 58.3 Å². The van der Waals surface area contributed by atoms with Crippen LogP contribution in [0.3, 0.4) is 0 Å². The van der Waals surface area contributed by atoms with Crippen LogP contribution in [-0.4, -0.2) is 20.4 Å². The molecule has 0 aliphatic rings. The zero-order valence-corrected chi connectivity index (χ0v) is 15.3. The summed E-state index contributed by atoms with van der Waals surface area (Å²) in [5.41, 5.74) is 7.14. The molecule has 0 spiro atoms. The fraction of sp³-hybridized carbons (Fsp3) is 0.316. The number of aryl methyl sites for hydroxylation is 1. The van der Waals surface area contributed by atoms with E-state index in [4.69, 9.17) is 5.73 Å². The van der Waals surface area contributed by atoms with E-state index in [1.807, 2.05) is 12.1 Å². The Morgan fingerprint density at radius 2 is 1.56 bits per heavy atom. The second-order valence-electron chi connectivity index (χ2n) is 6.05. The van der Waals surface area contributed by atoms with E-state index in [1.165, 1.54) is 12.1 Å². The zero-order chi connectivity index (χ0) is 18.4. The number of rotatable bonds is 7. The summed E-state index contributed by atoms with van der Waals surface area (Å²) in [6.45, 7) is 3.71. The molecule has 5 nitrogen and oxygen atoms in total. The standard InChI is InChI=1S/C19H24N2O3S/c1-3-4-5-15-6-10-17(11-7-15)25(23,24)18-12-8-16(9-13-18)21-19(22)14(2)20/h6-14H,3-5,20H2,1-2H3,(H,21,22). The van der Waals surface area contributed by atoms with Crippen molar-refractivity contribution in [3.63, 3.8) is 0 Å². The Hall–Kier alpha value is -2.18. The van der Waals surface area contributed by atoms with Crippen molar-refractivity contribution in [2.75, 3.05) is 5.32 Å². The number of nitrogens with one attached hydrogen (secondary N) is 1. The van der Waals surface area contributed by atoms with Crippen molar-refractivity contribution in [1.29, 1.82) is 0 Å². The number of benzene rings is 2. The van der Waals surface area contributed by atoms with Crippen LogP contribution >= 0.6 is 0 Å². The molecule has 2 aromatic carbocycles. The summed E-state index contributed by atoms with van der Waals surface area (Å²) in [5.74, 6) is -0.321. The molecule has 6 heteroatoms. The van der Waals surface area contributed by atoms with E-state index in [0.717, 1.165) is 24.8 Å². The Morgan fingerprint density at radius 1 is 1.04 bits per heavy atom. The van der Waals surface area contributed by atoms with Crippen molar-refractivity contribution in [2.24, 2.45) is 5.73 Å². The summed E-state index contributed by atoms with van der Waals surface area (Å²) in [5, 5.41) is 2.63. The third-order valence-electron chi connectivity index (χ3n) is 3.90. The molecule has 0 radical (unpaired) electrons. The number of carbonyl (C=O) groups excluding carboxylic acids is 1. The number of hydrogen-bond acceptors (Lipinski definition) is 4. The maximum Gasteiger partial charge on any atom is 0.240 e. The van der Waals surface area contributed by atoms with E-state index in [1.54, 1.807) is 31.2 Å². The van der Waals surface area contributed by atoms with E-state index >= 15 is 0 Å². The third kappa shape index (κ3) is 4.90. The minimum atomic E-state index is -3.58. The predicted molar refractivity (Wildman–Crippen MR) is 99.2 cm³/mol. The summed E-state index contributed by atoms with van der Waals surface area (Å²) < 4.78 is 25.4. The molecule has 2 aromatic rings. The maximum absolute atomic E-state index is 12.7. The normalized spacial score (nSPS) is 12.6. The second kappa shape index (κ2) is 8.27. The summed E-state index contributed by atoms with van der Waals surface area (Å²) in [6.07, 6.45) is 3.14. The molecule has 0 aliphatic heterocycles. The highest BCUT2D eigenvalue weighted by Gasteiger charge is 2.17. The monoisotopic (exact) mass is 360 g/mol. The number of carbonyl (C=O) groups is 1. The highest BCUT2D eigenvalue weighted by Crippen LogP contribution is 2.23. The fourth-order valence-corrected chi connectivity index (χ4v) is 3.59. The van der Waals surface area contributed by atoms with Crippen LogP contribution in [0.5, 0.6) is 0 Å². The van der Waals surface area contributed by atoms with Gasteiger partial charge in [-0.1, -0.05) is 25.5 Å². The van der Waals surface area contributed by atoms with Gasteiger partial charge >= 0.3 is 0 Å². The lowest BCUT2D eigenvalue weighted by Crippen LogP contribution is -2.32. The van der Waals surface area contributed by atoms with Gasteiger partial charge in [0.15, 0.2) is 0 Å². The van der Waals surface area contributed by atoms with E-state index in [2.05, 4.69) is 12.2 Å². The van der Waals surface area contributed by atoms with Crippen LogP contribution in [-0.2, 0) is 21.1 Å². The van der Waals surface area contributed by atoms with Gasteiger partial charge in [0.25, 0.3) is 0 Å². The molecule has 0 saturated heterocycles. The predicted octanol–water partition coefficient (Wildman–Crippen LogP) is 3.15. The van der Waals surface area contributed by atoms with Crippen molar-refractivity contribution in [1.82, 2.24) is 0 Å². The van der Waals surface area contributed by atoms with E-state index < -0.39 is 15.9 Å². The number of amides is 1. The second-order valence-corrected chi connectivity index (χ2v) is 8.00. The van der Waals surface area contributed by atoms with Crippen LogP contribution in [0, 0.1) is 0 Å². The molecule has 0 aliphatic carbocycles. The lowest BCUT2D eigenvalue weighted by Gasteiger charge is -2.09. The SMILES string of the molecule is CCCCc1ccc(S(=O)(=O)c2ccc(NC(=O)C(C)N)cc2)cc1. The molecule has 0 heterocycles. The fourth-order valence-electron chi connectivity index (χ4n) is 2.33. The lowest BCUT2D eigenvalue weighted by molar-refractivity contribution is -0.117. The lowest BCUT2D eigenvalue weighted by atomic mass is 10.1. The van der Waals surface area contributed by atoms with Gasteiger partial charge in [0, 0.05) is 5.69 Å². The van der Waals surface area contributed by atoms with Crippen LogP contribution in [0.4, 0.5) is 5.69 Å². The molecule has 1 atom stereocenters. The molecule has 25 heavy (non-hydrogen) atoms. The van der Waals surface area contributed by atoms with Gasteiger partial charge in [-0.3, -0.25) is 4.79 Å². The van der Waals surface area contributed by atoms with E-state index in [-0.39, 0.29) is 15.7 Å². The van der Waals surface area contributed by atoms with E-state index in [0.29, 0.717) is 5.69 Å². The average molecular weight is 360 g/mol. The van der Waals surface area contributed by atoms with Gasteiger partial charge in [0.1, 0.15) is 0 Å². The number of unbranched alkanes of at least 4 members (excludes halogenated alkanes) is 1. The molecular formula is C19H24N2O3S. The maximum atomic E-state index is 12.7. The van der Waals surface area contributed by atoms with Gasteiger partial charge in [-0.15, -0.1) is 0 Å². The molecular weight excluding hydrogens is 336 g/mol. The Labute approximate surface area is 149 Å². The van der Waals surface area contributed by atoms with Crippen molar-refractivity contribution >= 4 is 21.4 Å². The molecule has 0 fully saturated rings. The van der Waals surface area contributed by atoms with Crippen LogP contribution in [0.25, 0.3) is 0 Å². The van der Waals surface area contributed by atoms with Crippen molar-refractivity contribution in [3.8, 4) is 0 Å². The minimum absolute atomic E-state index is 0.188. The molecule has 3 N–H and O–H groups in total. The van der Waals surface area contributed by atoms with Gasteiger partial charge in [0.05, 0.1) is 15.8 Å². The van der Waals surface area contributed by atoms with Crippen LogP contribution in [0.2, 0.25) is 0 Å². The highest BCUT2D eigenvalue weighted by molar-refractivity contribution is 7.91. The van der Waals surface area contributed by atoms with Crippen molar-refractivity contribution < 1.29 is 13.2 Å². The summed E-state index contributed by atoms with van der Waals surface area (Å²) >= 11 is 0. The highest BCUT2D eigenvalue weighted by atomic mass is 32.2. The van der Waals surface area contributed by atoms with Gasteiger partial charge in [-0.2, -0.15) is 0 Å². The summed E-state index contributed by atoms with van der Waals surface area (Å²) in [7, 11) is -3.58. The van der Waals surface area contributed by atoms with Gasteiger partial charge in [-0.25, -0.2) is 8.42 Å². The molecule has 1 unspecified atom stereocenters. The number of sulfone groups is 1. The first kappa shape index (κ1) is 19.1. The van der Waals surface area contributed by atoms with Gasteiger partial charge in [0.2, 0.25) is 15.7 Å². The topological polar surface area (TPSA) is 89.3 Å². The van der Waals surface area contributed by atoms with Crippen LogP contribution in [0.1, 0.15) is 32.3 Å². The van der Waals surface area contributed by atoms with Gasteiger partial charge in [-0.05, 0) is 61.7 Å². The summed E-state index contributed by atoms with van der Waals surface area (Å²) in [4.78, 5) is 12.0. The zero-order valence-electron chi connectivity index (χ0n) is 14.5. The minimum Gasteiger partial charge on any atom is -0.325 e. The van der Waals surface area contributed by atoms with Crippen molar-refractivity contribution in [3.05, 3.63) is 54.1 Å². The Bertz CT molecular complexity index is 811. The Morgan fingerprint density at radius 3 is 2.04 bits per heavy atom. The Kier molecular flexibility index (Phi) is 6.33. The molecule has 0 bridgehead atoms. The molecule has 1 amide bonds. The van der Waals surface area contributed by atoms with E-state index in [9.17, 15) is 13.2 Å². The largest absolute Gasteiger partial charge is 0.325 e. The number of nitrogens with two attached hydrogens (primary N) is 1. The molecule has 0 saturated carbocycles. The number of anilines is 1. The first-order valence-electron chi connectivity index (χ1n) is 8.35. The quantitative estimate of drug-likeness (QED) is 0.794. The Balaban J connectivity index is 2.17. The molecule has 2 rings (SSSR count). The van der Waals surface area contributed by atoms with Gasteiger partial charge < -0.3 is 11.1 Å². The molecule has 134 valence electrons. The molecule has 0 aromatic heterocycles. The summed E-state index contributed by atoms with van der Waals surface area (Å²) in [6, 6.07) is 12.5. The number of hydrogen-bond donors (Lipinski definition) is 2. The first-order valence-corrected chi connectivity index (χ1v) is 9.83. The van der Waals surface area contributed by atoms with Crippen LogP contribution < -0.4 is 11.1 Å². The average Bonchev–Trinajstić information content (AvgIpc) is 2.60. The third-order valence-corrected chi connectivity index (χ3v) is 5.68.